The van der Waals surface area contributed by atoms with Crippen LogP contribution in [0.3, 0.4) is 0 Å². The first kappa shape index (κ1) is 26.3. The second kappa shape index (κ2) is 11.8. The van der Waals surface area contributed by atoms with Crippen LogP contribution in [0.25, 0.3) is 0 Å². The molecular weight excluding hydrogens is 436 g/mol. The highest BCUT2D eigenvalue weighted by molar-refractivity contribution is 5.95. The number of anilines is 1. The molecule has 2 unspecified atom stereocenters. The van der Waals surface area contributed by atoms with Crippen LogP contribution >= 0.6 is 0 Å². The van der Waals surface area contributed by atoms with Crippen LogP contribution in [0.1, 0.15) is 31.9 Å². The highest BCUT2D eigenvalue weighted by atomic mass is 16.2. The van der Waals surface area contributed by atoms with Gasteiger partial charge in [0.2, 0.25) is 17.7 Å². The maximum absolute atomic E-state index is 12.8. The lowest BCUT2D eigenvalue weighted by atomic mass is 9.86. The second-order valence-corrected chi connectivity index (χ2v) is 9.07. The summed E-state index contributed by atoms with van der Waals surface area (Å²) in [6.45, 7) is 6.93. The Morgan fingerprint density at radius 3 is 2.26 bits per heavy atom. The van der Waals surface area contributed by atoms with E-state index in [2.05, 4.69) is 26.3 Å². The fraction of sp³-hybridized carbons (Fsp3) is 0.375. The van der Waals surface area contributed by atoms with E-state index in [9.17, 15) is 19.2 Å². The number of nitrogens with two attached hydrogens (primary N) is 1. The molecule has 10 heteroatoms. The first-order chi connectivity index (χ1) is 16.0. The zero-order valence-corrected chi connectivity index (χ0v) is 19.8. The van der Waals surface area contributed by atoms with Crippen molar-refractivity contribution in [2.24, 2.45) is 11.1 Å². The Labute approximate surface area is 199 Å². The van der Waals surface area contributed by atoms with E-state index in [-0.39, 0.29) is 13.0 Å². The summed E-state index contributed by atoms with van der Waals surface area (Å²) < 4.78 is 0. The number of primary amides is 1. The predicted octanol–water partition coefficient (Wildman–Crippen LogP) is 1.26. The Hall–Kier alpha value is -3.95. The average molecular weight is 469 g/mol. The average Bonchev–Trinajstić information content (AvgIpc) is 2.77. The number of nitrogens with zero attached hydrogens (tertiary/aromatic N) is 1. The molecule has 10 nitrogen and oxygen atoms in total. The minimum absolute atomic E-state index is 0.175. The van der Waals surface area contributed by atoms with E-state index < -0.39 is 41.3 Å². The van der Waals surface area contributed by atoms with E-state index in [1.54, 1.807) is 57.4 Å². The van der Waals surface area contributed by atoms with Crippen molar-refractivity contribution in [2.75, 3.05) is 11.9 Å². The van der Waals surface area contributed by atoms with Crippen molar-refractivity contribution in [1.29, 1.82) is 0 Å². The third kappa shape index (κ3) is 8.53. The molecule has 34 heavy (non-hydrogen) atoms. The third-order valence-corrected chi connectivity index (χ3v) is 4.98. The predicted molar refractivity (Wildman–Crippen MR) is 129 cm³/mol. The highest BCUT2D eigenvalue weighted by Crippen LogP contribution is 2.20. The summed E-state index contributed by atoms with van der Waals surface area (Å²) in [7, 11) is 0. The fourth-order valence-corrected chi connectivity index (χ4v) is 3.10. The molecule has 2 rings (SSSR count). The lowest BCUT2D eigenvalue weighted by Gasteiger charge is -2.30. The van der Waals surface area contributed by atoms with Crippen LogP contribution in [-0.4, -0.2) is 47.4 Å². The van der Waals surface area contributed by atoms with Gasteiger partial charge in [0.15, 0.2) is 0 Å². The first-order valence-corrected chi connectivity index (χ1v) is 10.8. The Kier molecular flexibility index (Phi) is 9.11. The molecule has 1 aromatic carbocycles. The molecule has 0 bridgehead atoms. The monoisotopic (exact) mass is 468 g/mol. The molecule has 1 aromatic heterocycles. The Morgan fingerprint density at radius 1 is 1.03 bits per heavy atom. The maximum atomic E-state index is 12.8. The van der Waals surface area contributed by atoms with Gasteiger partial charge in [0.05, 0.1) is 6.54 Å². The second-order valence-electron chi connectivity index (χ2n) is 9.07. The normalized spacial score (nSPS) is 12.7. The summed E-state index contributed by atoms with van der Waals surface area (Å²) in [6.07, 6.45) is 3.34. The van der Waals surface area contributed by atoms with Gasteiger partial charge in [-0.15, -0.1) is 0 Å². The van der Waals surface area contributed by atoms with Crippen molar-refractivity contribution < 1.29 is 19.2 Å². The van der Waals surface area contributed by atoms with Crippen LogP contribution < -0.4 is 27.0 Å². The van der Waals surface area contributed by atoms with E-state index in [0.29, 0.717) is 5.69 Å². The SMILES string of the molecule is Cc1ccc(NC(=O)NC(C(=O)NCC(=O)NC(Cc2cccnc2)C(N)=O)C(C)(C)C)cc1. The smallest absolute Gasteiger partial charge is 0.319 e. The van der Waals surface area contributed by atoms with Crippen LogP contribution in [0.4, 0.5) is 10.5 Å². The number of carbonyl (C=O) groups excluding carboxylic acids is 4. The van der Waals surface area contributed by atoms with Gasteiger partial charge in [-0.05, 0) is 36.1 Å². The zero-order valence-electron chi connectivity index (χ0n) is 19.8. The number of carbonyl (C=O) groups is 4. The minimum atomic E-state index is -0.953. The molecule has 0 aliphatic rings. The summed E-state index contributed by atoms with van der Waals surface area (Å²) in [5.74, 6) is -1.83. The summed E-state index contributed by atoms with van der Waals surface area (Å²) in [5, 5.41) is 10.4. The van der Waals surface area contributed by atoms with E-state index >= 15 is 0 Å². The standard InChI is InChI=1S/C24H32N6O4/c1-15-7-9-17(10-8-15)28-23(34)30-20(24(2,3)4)22(33)27-14-19(31)29-18(21(25)32)12-16-6-5-11-26-13-16/h5-11,13,18,20H,12,14H2,1-4H3,(H2,25,32)(H,27,33)(H,29,31)(H2,28,30,34). The fourth-order valence-electron chi connectivity index (χ4n) is 3.10. The molecule has 0 fully saturated rings. The molecule has 2 atom stereocenters. The van der Waals surface area contributed by atoms with Gasteiger partial charge in [0, 0.05) is 24.5 Å². The van der Waals surface area contributed by atoms with Gasteiger partial charge >= 0.3 is 6.03 Å². The summed E-state index contributed by atoms with van der Waals surface area (Å²) in [5.41, 5.74) is 7.13. The van der Waals surface area contributed by atoms with Crippen molar-refractivity contribution >= 4 is 29.4 Å². The molecule has 1 heterocycles. The van der Waals surface area contributed by atoms with Crippen LogP contribution in [0.2, 0.25) is 0 Å². The molecule has 0 aliphatic carbocycles. The molecular formula is C24H32N6O4. The van der Waals surface area contributed by atoms with Crippen LogP contribution in [0.15, 0.2) is 48.8 Å². The summed E-state index contributed by atoms with van der Waals surface area (Å²) in [6, 6.07) is 8.28. The van der Waals surface area contributed by atoms with E-state index in [1.807, 2.05) is 19.1 Å². The van der Waals surface area contributed by atoms with Gasteiger partial charge in [-0.1, -0.05) is 44.5 Å². The molecule has 6 N–H and O–H groups in total. The van der Waals surface area contributed by atoms with Crippen molar-refractivity contribution in [3.8, 4) is 0 Å². The maximum Gasteiger partial charge on any atom is 0.319 e. The Morgan fingerprint density at radius 2 is 1.71 bits per heavy atom. The molecule has 0 saturated heterocycles. The van der Waals surface area contributed by atoms with Gasteiger partial charge in [0.25, 0.3) is 0 Å². The number of aromatic nitrogens is 1. The van der Waals surface area contributed by atoms with Crippen LogP contribution in [-0.2, 0) is 20.8 Å². The van der Waals surface area contributed by atoms with Gasteiger partial charge in [-0.3, -0.25) is 19.4 Å². The highest BCUT2D eigenvalue weighted by Gasteiger charge is 2.33. The van der Waals surface area contributed by atoms with Gasteiger partial charge in [-0.2, -0.15) is 0 Å². The first-order valence-electron chi connectivity index (χ1n) is 10.8. The molecule has 0 aliphatic heterocycles. The Balaban J connectivity index is 1.93. The van der Waals surface area contributed by atoms with Crippen molar-refractivity contribution in [2.45, 2.75) is 46.2 Å². The molecule has 0 spiro atoms. The minimum Gasteiger partial charge on any atom is -0.368 e. The number of urea groups is 1. The number of aryl methyl sites for hydroxylation is 1. The van der Waals surface area contributed by atoms with Crippen molar-refractivity contribution in [3.63, 3.8) is 0 Å². The van der Waals surface area contributed by atoms with Crippen molar-refractivity contribution in [3.05, 3.63) is 59.9 Å². The van der Waals surface area contributed by atoms with E-state index in [1.165, 1.54) is 0 Å². The lowest BCUT2D eigenvalue weighted by Crippen LogP contribution is -2.56. The number of pyridine rings is 1. The molecule has 5 amide bonds. The zero-order chi connectivity index (χ0) is 25.3. The third-order valence-electron chi connectivity index (χ3n) is 4.98. The molecule has 2 aromatic rings. The molecule has 182 valence electrons. The van der Waals surface area contributed by atoms with Gasteiger partial charge < -0.3 is 27.0 Å². The van der Waals surface area contributed by atoms with Crippen LogP contribution in [0, 0.1) is 12.3 Å². The summed E-state index contributed by atoms with van der Waals surface area (Å²) in [4.78, 5) is 53.3. The molecule has 0 radical (unpaired) electrons. The quantitative estimate of drug-likeness (QED) is 0.375. The number of benzene rings is 1. The molecule has 0 saturated carbocycles. The topological polar surface area (TPSA) is 155 Å². The van der Waals surface area contributed by atoms with E-state index in [0.717, 1.165) is 11.1 Å². The van der Waals surface area contributed by atoms with Crippen LogP contribution in [0.5, 0.6) is 0 Å². The summed E-state index contributed by atoms with van der Waals surface area (Å²) >= 11 is 0. The number of rotatable bonds is 9. The Bertz CT molecular complexity index is 1000. The lowest BCUT2D eigenvalue weighted by molar-refractivity contribution is -0.130. The van der Waals surface area contributed by atoms with E-state index in [4.69, 9.17) is 5.73 Å². The van der Waals surface area contributed by atoms with Gasteiger partial charge in [0.1, 0.15) is 12.1 Å². The number of amides is 5. The largest absolute Gasteiger partial charge is 0.368 e. The van der Waals surface area contributed by atoms with Gasteiger partial charge in [-0.25, -0.2) is 4.79 Å². The number of hydrogen-bond acceptors (Lipinski definition) is 5. The van der Waals surface area contributed by atoms with Crippen molar-refractivity contribution in [1.82, 2.24) is 20.9 Å². The number of hydrogen-bond donors (Lipinski definition) is 5. The number of nitrogens with one attached hydrogen (secondary N) is 4.